The Morgan fingerprint density at radius 3 is 2.22 bits per heavy atom. The fourth-order valence-electron chi connectivity index (χ4n) is 5.32. The molecular weight excluding hydrogens is 541 g/mol. The van der Waals surface area contributed by atoms with E-state index in [1.165, 1.54) is 23.1 Å². The number of anilines is 1. The summed E-state index contributed by atoms with van der Waals surface area (Å²) in [5.41, 5.74) is 2.42. The monoisotopic (exact) mass is 579 g/mol. The summed E-state index contributed by atoms with van der Waals surface area (Å²) in [5.74, 6) is -1.63. The molecule has 4 rings (SSSR count). The molecule has 1 aliphatic carbocycles. The van der Waals surface area contributed by atoms with Crippen LogP contribution in [0.15, 0.2) is 78.9 Å². The van der Waals surface area contributed by atoms with E-state index in [0.717, 1.165) is 65.4 Å². The molecule has 0 saturated heterocycles. The van der Waals surface area contributed by atoms with E-state index < -0.39 is 34.3 Å². The van der Waals surface area contributed by atoms with Crippen molar-refractivity contribution >= 4 is 27.5 Å². The van der Waals surface area contributed by atoms with Gasteiger partial charge in [0.25, 0.3) is 0 Å². The van der Waals surface area contributed by atoms with Crippen molar-refractivity contribution in [3.63, 3.8) is 0 Å². The van der Waals surface area contributed by atoms with Crippen LogP contribution in [0.4, 0.5) is 10.1 Å². The van der Waals surface area contributed by atoms with E-state index in [9.17, 15) is 22.4 Å². The number of benzene rings is 3. The first-order valence-electron chi connectivity index (χ1n) is 14.0. The van der Waals surface area contributed by atoms with E-state index in [0.29, 0.717) is 0 Å². The summed E-state index contributed by atoms with van der Waals surface area (Å²) < 4.78 is 41.2. The molecule has 0 bridgehead atoms. The minimum atomic E-state index is -4.03. The Labute approximate surface area is 242 Å². The summed E-state index contributed by atoms with van der Waals surface area (Å²) in [5, 5.41) is 3.17. The Bertz CT molecular complexity index is 1440. The summed E-state index contributed by atoms with van der Waals surface area (Å²) in [6.45, 7) is 1.37. The van der Waals surface area contributed by atoms with Crippen molar-refractivity contribution in [2.45, 2.75) is 64.1 Å². The first-order chi connectivity index (χ1) is 19.6. The van der Waals surface area contributed by atoms with Gasteiger partial charge < -0.3 is 10.2 Å². The molecule has 9 heteroatoms. The number of nitrogens with zero attached hydrogens (tertiary/aromatic N) is 2. The molecule has 0 radical (unpaired) electrons. The van der Waals surface area contributed by atoms with Gasteiger partial charge in [-0.3, -0.25) is 13.9 Å². The lowest BCUT2D eigenvalue weighted by Crippen LogP contribution is -2.55. The summed E-state index contributed by atoms with van der Waals surface area (Å²) in [7, 11) is -4.03. The van der Waals surface area contributed by atoms with Gasteiger partial charge in [0.15, 0.2) is 0 Å². The molecule has 2 amide bonds. The van der Waals surface area contributed by atoms with Crippen LogP contribution >= 0.6 is 0 Å². The van der Waals surface area contributed by atoms with Gasteiger partial charge >= 0.3 is 0 Å². The van der Waals surface area contributed by atoms with Crippen LogP contribution in [-0.4, -0.2) is 50.0 Å². The number of sulfonamides is 1. The number of halogens is 1. The van der Waals surface area contributed by atoms with Crippen molar-refractivity contribution in [1.29, 1.82) is 0 Å². The molecule has 1 N–H and O–H groups in total. The number of nitrogens with one attached hydrogen (secondary N) is 1. The molecule has 0 unspecified atom stereocenters. The van der Waals surface area contributed by atoms with Crippen LogP contribution in [0.1, 0.15) is 48.8 Å². The Morgan fingerprint density at radius 2 is 1.56 bits per heavy atom. The summed E-state index contributed by atoms with van der Waals surface area (Å²) >= 11 is 0. The van der Waals surface area contributed by atoms with E-state index in [4.69, 9.17) is 0 Å². The van der Waals surface area contributed by atoms with Crippen molar-refractivity contribution in [1.82, 2.24) is 10.2 Å². The van der Waals surface area contributed by atoms with E-state index >= 15 is 0 Å². The normalized spacial score (nSPS) is 14.7. The van der Waals surface area contributed by atoms with Crippen LogP contribution in [0, 0.1) is 12.7 Å². The highest BCUT2D eigenvalue weighted by Gasteiger charge is 2.34. The van der Waals surface area contributed by atoms with Gasteiger partial charge in [0.2, 0.25) is 21.8 Å². The molecule has 3 aromatic rings. The highest BCUT2D eigenvalue weighted by Crippen LogP contribution is 2.24. The number of hydrogen-bond acceptors (Lipinski definition) is 4. The van der Waals surface area contributed by atoms with Crippen molar-refractivity contribution in [2.24, 2.45) is 0 Å². The maximum Gasteiger partial charge on any atom is 0.244 e. The summed E-state index contributed by atoms with van der Waals surface area (Å²) in [6.07, 6.45) is 6.15. The number of para-hydroxylation sites is 1. The van der Waals surface area contributed by atoms with Crippen LogP contribution in [-0.2, 0) is 32.6 Å². The Hall–Kier alpha value is -3.72. The predicted octanol–water partition coefficient (Wildman–Crippen LogP) is 4.99. The minimum absolute atomic E-state index is 0.0240. The molecule has 1 atom stereocenters. The van der Waals surface area contributed by atoms with Crippen LogP contribution < -0.4 is 9.62 Å². The molecule has 1 fully saturated rings. The van der Waals surface area contributed by atoms with Gasteiger partial charge in [-0.05, 0) is 48.6 Å². The van der Waals surface area contributed by atoms with Gasteiger partial charge in [-0.1, -0.05) is 86.0 Å². The number of rotatable bonds is 11. The van der Waals surface area contributed by atoms with Gasteiger partial charge in [-0.15, -0.1) is 0 Å². The molecule has 218 valence electrons. The van der Waals surface area contributed by atoms with Crippen molar-refractivity contribution in [3.05, 3.63) is 101 Å². The molecule has 0 aliphatic heterocycles. The summed E-state index contributed by atoms with van der Waals surface area (Å²) in [6, 6.07) is 21.6. The molecule has 1 saturated carbocycles. The fraction of sp³-hybridized carbons (Fsp3) is 0.375. The zero-order chi connectivity index (χ0) is 29.4. The zero-order valence-corrected chi connectivity index (χ0v) is 24.4. The molecule has 41 heavy (non-hydrogen) atoms. The van der Waals surface area contributed by atoms with Gasteiger partial charge in [0.1, 0.15) is 18.4 Å². The summed E-state index contributed by atoms with van der Waals surface area (Å²) in [4.78, 5) is 29.5. The highest BCUT2D eigenvalue weighted by molar-refractivity contribution is 7.92. The standard InChI is InChI=1S/C32H38FN3O4S/c1-24-13-9-10-16-26(24)22-35(31(37)23-36(41(2,39)40)29-20-12-11-19-28(29)33)30(21-25-14-5-3-6-15-25)32(38)34-27-17-7-4-8-18-27/h3,5-6,9-16,19-20,27,30H,4,7-8,17-18,21-23H2,1-2H3,(H,34,38)/t30-/m1/s1. The molecule has 7 nitrogen and oxygen atoms in total. The van der Waals surface area contributed by atoms with Crippen LogP contribution in [0.3, 0.4) is 0 Å². The van der Waals surface area contributed by atoms with Crippen LogP contribution in [0.2, 0.25) is 0 Å². The van der Waals surface area contributed by atoms with Crippen molar-refractivity contribution < 1.29 is 22.4 Å². The maximum absolute atomic E-state index is 14.8. The van der Waals surface area contributed by atoms with Crippen molar-refractivity contribution in [2.75, 3.05) is 17.1 Å². The van der Waals surface area contributed by atoms with E-state index in [-0.39, 0.29) is 30.6 Å². The Balaban J connectivity index is 1.74. The number of carbonyl (C=O) groups is 2. The van der Waals surface area contributed by atoms with Gasteiger partial charge in [-0.25, -0.2) is 12.8 Å². The van der Waals surface area contributed by atoms with E-state index in [1.807, 2.05) is 61.5 Å². The number of hydrogen-bond donors (Lipinski definition) is 1. The third-order valence-electron chi connectivity index (χ3n) is 7.62. The van der Waals surface area contributed by atoms with Crippen molar-refractivity contribution in [3.8, 4) is 0 Å². The molecule has 0 aromatic heterocycles. The zero-order valence-electron chi connectivity index (χ0n) is 23.6. The van der Waals surface area contributed by atoms with Gasteiger partial charge in [0, 0.05) is 19.0 Å². The second kappa shape index (κ2) is 13.8. The SMILES string of the molecule is Cc1ccccc1CN(C(=O)CN(c1ccccc1F)S(C)(=O)=O)[C@H](Cc1ccccc1)C(=O)NC1CCCCC1. The second-order valence-corrected chi connectivity index (χ2v) is 12.6. The average Bonchev–Trinajstić information content (AvgIpc) is 2.95. The van der Waals surface area contributed by atoms with Crippen LogP contribution in [0.5, 0.6) is 0 Å². The molecule has 1 aliphatic rings. The average molecular weight is 580 g/mol. The van der Waals surface area contributed by atoms with Crippen LogP contribution in [0.25, 0.3) is 0 Å². The van der Waals surface area contributed by atoms with E-state index in [1.54, 1.807) is 0 Å². The van der Waals surface area contributed by atoms with Gasteiger partial charge in [0.05, 0.1) is 11.9 Å². The second-order valence-electron chi connectivity index (χ2n) is 10.7. The molecule has 3 aromatic carbocycles. The topological polar surface area (TPSA) is 86.8 Å². The lowest BCUT2D eigenvalue weighted by molar-refractivity contribution is -0.140. The largest absolute Gasteiger partial charge is 0.352 e. The van der Waals surface area contributed by atoms with E-state index in [2.05, 4.69) is 5.32 Å². The highest BCUT2D eigenvalue weighted by atomic mass is 32.2. The molecule has 0 heterocycles. The number of amides is 2. The third-order valence-corrected chi connectivity index (χ3v) is 8.75. The smallest absolute Gasteiger partial charge is 0.244 e. The number of aryl methyl sites for hydroxylation is 1. The first kappa shape index (κ1) is 30.2. The third kappa shape index (κ3) is 8.16. The molecular formula is C32H38FN3O4S. The minimum Gasteiger partial charge on any atom is -0.352 e. The first-order valence-corrected chi connectivity index (χ1v) is 15.9. The lowest BCUT2D eigenvalue weighted by atomic mass is 9.94. The quantitative estimate of drug-likeness (QED) is 0.347. The Kier molecular flexibility index (Phi) is 10.2. The number of carbonyl (C=O) groups excluding carboxylic acids is 2. The molecule has 0 spiro atoms. The fourth-order valence-corrected chi connectivity index (χ4v) is 6.17. The lowest BCUT2D eigenvalue weighted by Gasteiger charge is -2.35. The van der Waals surface area contributed by atoms with Gasteiger partial charge in [-0.2, -0.15) is 0 Å². The predicted molar refractivity (Wildman–Crippen MR) is 159 cm³/mol. The Morgan fingerprint density at radius 1 is 0.927 bits per heavy atom. The maximum atomic E-state index is 14.8.